The molecule has 2 aromatic rings. The number of aryl methyl sites for hydroxylation is 2. The number of hydrogen-bond donors (Lipinski definition) is 0. The summed E-state index contributed by atoms with van der Waals surface area (Å²) in [6.07, 6.45) is 2.27. The van der Waals surface area contributed by atoms with Crippen LogP contribution in [0.15, 0.2) is 30.3 Å². The highest BCUT2D eigenvalue weighted by molar-refractivity contribution is 6.29. The molecule has 1 aliphatic rings. The lowest BCUT2D eigenvalue weighted by atomic mass is 10.0. The highest BCUT2D eigenvalue weighted by Crippen LogP contribution is 2.23. The Balaban J connectivity index is 1.94. The van der Waals surface area contributed by atoms with E-state index in [-0.39, 0.29) is 0 Å². The second kappa shape index (κ2) is 5.17. The summed E-state index contributed by atoms with van der Waals surface area (Å²) in [7, 11) is 0. The van der Waals surface area contributed by atoms with Crippen LogP contribution in [0.3, 0.4) is 0 Å². The van der Waals surface area contributed by atoms with Gasteiger partial charge in [0.15, 0.2) is 0 Å². The van der Waals surface area contributed by atoms with E-state index in [4.69, 9.17) is 11.6 Å². The SMILES string of the molecule is Cc1nc(Cl)cc(N2CCCc3ccccc3C2)n1. The largest absolute Gasteiger partial charge is 0.352 e. The Morgan fingerprint density at radius 1 is 1.16 bits per heavy atom. The molecule has 0 bridgehead atoms. The summed E-state index contributed by atoms with van der Waals surface area (Å²) in [6, 6.07) is 10.5. The monoisotopic (exact) mass is 273 g/mol. The molecular formula is C15H16ClN3. The minimum Gasteiger partial charge on any atom is -0.352 e. The van der Waals surface area contributed by atoms with E-state index < -0.39 is 0 Å². The van der Waals surface area contributed by atoms with Crippen molar-refractivity contribution in [3.05, 3.63) is 52.4 Å². The molecule has 3 rings (SSSR count). The molecule has 2 heterocycles. The molecule has 3 nitrogen and oxygen atoms in total. The van der Waals surface area contributed by atoms with Gasteiger partial charge in [0.05, 0.1) is 0 Å². The van der Waals surface area contributed by atoms with Crippen molar-refractivity contribution in [3.63, 3.8) is 0 Å². The van der Waals surface area contributed by atoms with Crippen molar-refractivity contribution in [2.75, 3.05) is 11.4 Å². The molecule has 1 aliphatic heterocycles. The summed E-state index contributed by atoms with van der Waals surface area (Å²) in [6.45, 7) is 3.77. The van der Waals surface area contributed by atoms with Gasteiger partial charge in [-0.05, 0) is 30.9 Å². The molecule has 0 saturated carbocycles. The van der Waals surface area contributed by atoms with Crippen molar-refractivity contribution in [1.82, 2.24) is 9.97 Å². The third-order valence-corrected chi connectivity index (χ3v) is 3.66. The zero-order valence-electron chi connectivity index (χ0n) is 10.9. The van der Waals surface area contributed by atoms with Crippen LogP contribution in [0.2, 0.25) is 5.15 Å². The Bertz CT molecular complexity index is 577. The first-order chi connectivity index (χ1) is 9.22. The quantitative estimate of drug-likeness (QED) is 0.746. The van der Waals surface area contributed by atoms with Crippen LogP contribution in [0.1, 0.15) is 23.4 Å². The molecule has 98 valence electrons. The van der Waals surface area contributed by atoms with E-state index >= 15 is 0 Å². The maximum atomic E-state index is 6.03. The van der Waals surface area contributed by atoms with Gasteiger partial charge in [0, 0.05) is 19.2 Å². The molecule has 1 aromatic carbocycles. The smallest absolute Gasteiger partial charge is 0.134 e. The number of aromatic nitrogens is 2. The summed E-state index contributed by atoms with van der Waals surface area (Å²) in [4.78, 5) is 10.9. The van der Waals surface area contributed by atoms with Crippen LogP contribution >= 0.6 is 11.6 Å². The van der Waals surface area contributed by atoms with E-state index in [1.54, 1.807) is 0 Å². The number of nitrogens with zero attached hydrogens (tertiary/aromatic N) is 3. The highest BCUT2D eigenvalue weighted by atomic mass is 35.5. The van der Waals surface area contributed by atoms with Crippen LogP contribution in [-0.2, 0) is 13.0 Å². The number of fused-ring (bicyclic) bond motifs is 1. The summed E-state index contributed by atoms with van der Waals surface area (Å²) in [5, 5.41) is 0.514. The predicted molar refractivity (Wildman–Crippen MR) is 77.6 cm³/mol. The molecule has 1 aromatic heterocycles. The summed E-state index contributed by atoms with van der Waals surface area (Å²) >= 11 is 6.03. The van der Waals surface area contributed by atoms with Crippen molar-refractivity contribution in [1.29, 1.82) is 0 Å². The highest BCUT2D eigenvalue weighted by Gasteiger charge is 2.16. The molecule has 19 heavy (non-hydrogen) atoms. The van der Waals surface area contributed by atoms with Gasteiger partial charge in [-0.2, -0.15) is 0 Å². The van der Waals surface area contributed by atoms with E-state index in [9.17, 15) is 0 Å². The molecule has 0 radical (unpaired) electrons. The maximum Gasteiger partial charge on any atom is 0.134 e. The van der Waals surface area contributed by atoms with Crippen LogP contribution in [0, 0.1) is 6.92 Å². The van der Waals surface area contributed by atoms with Crippen LogP contribution in [0.4, 0.5) is 5.82 Å². The second-order valence-corrected chi connectivity index (χ2v) is 5.28. The Labute approximate surface area is 118 Å². The summed E-state index contributed by atoms with van der Waals surface area (Å²) in [5.74, 6) is 1.65. The van der Waals surface area contributed by atoms with Crippen LogP contribution < -0.4 is 4.90 Å². The Kier molecular flexibility index (Phi) is 3.38. The molecule has 0 fully saturated rings. The number of rotatable bonds is 1. The first-order valence-electron chi connectivity index (χ1n) is 6.55. The number of halogens is 1. The van der Waals surface area contributed by atoms with Crippen molar-refractivity contribution in [2.24, 2.45) is 0 Å². The Morgan fingerprint density at radius 2 is 1.95 bits per heavy atom. The Morgan fingerprint density at radius 3 is 2.74 bits per heavy atom. The number of anilines is 1. The van der Waals surface area contributed by atoms with Gasteiger partial charge in [0.25, 0.3) is 0 Å². The van der Waals surface area contributed by atoms with Crippen LogP contribution in [0.5, 0.6) is 0 Å². The lowest BCUT2D eigenvalue weighted by Crippen LogP contribution is -2.24. The first kappa shape index (κ1) is 12.4. The molecular weight excluding hydrogens is 258 g/mol. The van der Waals surface area contributed by atoms with Gasteiger partial charge in [-0.1, -0.05) is 35.9 Å². The van der Waals surface area contributed by atoms with Gasteiger partial charge in [-0.25, -0.2) is 9.97 Å². The fraction of sp³-hybridized carbons (Fsp3) is 0.333. The first-order valence-corrected chi connectivity index (χ1v) is 6.93. The fourth-order valence-corrected chi connectivity index (χ4v) is 2.79. The van der Waals surface area contributed by atoms with Gasteiger partial charge in [-0.3, -0.25) is 0 Å². The van der Waals surface area contributed by atoms with E-state index in [0.717, 1.165) is 37.6 Å². The number of benzene rings is 1. The van der Waals surface area contributed by atoms with Crippen molar-refractivity contribution in [3.8, 4) is 0 Å². The summed E-state index contributed by atoms with van der Waals surface area (Å²) in [5.41, 5.74) is 2.83. The van der Waals surface area contributed by atoms with E-state index in [0.29, 0.717) is 5.15 Å². The van der Waals surface area contributed by atoms with E-state index in [2.05, 4.69) is 39.1 Å². The van der Waals surface area contributed by atoms with Crippen molar-refractivity contribution < 1.29 is 0 Å². The molecule has 0 amide bonds. The van der Waals surface area contributed by atoms with Crippen LogP contribution in [0.25, 0.3) is 0 Å². The van der Waals surface area contributed by atoms with Gasteiger partial charge in [-0.15, -0.1) is 0 Å². The third kappa shape index (κ3) is 2.71. The molecule has 0 N–H and O–H groups in total. The molecule has 0 atom stereocenters. The number of hydrogen-bond acceptors (Lipinski definition) is 3. The van der Waals surface area contributed by atoms with Crippen LogP contribution in [-0.4, -0.2) is 16.5 Å². The van der Waals surface area contributed by atoms with Gasteiger partial charge in [0.2, 0.25) is 0 Å². The molecule has 0 spiro atoms. The zero-order valence-corrected chi connectivity index (χ0v) is 11.7. The molecule has 0 aliphatic carbocycles. The van der Waals surface area contributed by atoms with E-state index in [1.807, 2.05) is 13.0 Å². The Hall–Kier alpha value is -1.61. The standard InChI is InChI=1S/C15H16ClN3/c1-11-17-14(16)9-15(18-11)19-8-4-7-12-5-2-3-6-13(12)10-19/h2-3,5-6,9H,4,7-8,10H2,1H3. The second-order valence-electron chi connectivity index (χ2n) is 4.89. The fourth-order valence-electron chi connectivity index (χ4n) is 2.57. The lowest BCUT2D eigenvalue weighted by Gasteiger charge is -2.22. The molecule has 0 unspecified atom stereocenters. The normalized spacial score (nSPS) is 14.9. The maximum absolute atomic E-state index is 6.03. The molecule has 4 heteroatoms. The molecule has 0 saturated heterocycles. The minimum absolute atomic E-state index is 0.514. The zero-order chi connectivity index (χ0) is 13.2. The predicted octanol–water partition coefficient (Wildman–Crippen LogP) is 3.39. The minimum atomic E-state index is 0.514. The average molecular weight is 274 g/mol. The topological polar surface area (TPSA) is 29.0 Å². The van der Waals surface area contributed by atoms with Gasteiger partial charge >= 0.3 is 0 Å². The average Bonchev–Trinajstić information content (AvgIpc) is 2.59. The van der Waals surface area contributed by atoms with Gasteiger partial charge in [0.1, 0.15) is 16.8 Å². The van der Waals surface area contributed by atoms with E-state index in [1.165, 1.54) is 11.1 Å². The van der Waals surface area contributed by atoms with Crippen molar-refractivity contribution >= 4 is 17.4 Å². The van der Waals surface area contributed by atoms with Crippen molar-refractivity contribution in [2.45, 2.75) is 26.3 Å². The van der Waals surface area contributed by atoms with Gasteiger partial charge < -0.3 is 4.90 Å². The lowest BCUT2D eigenvalue weighted by molar-refractivity contribution is 0.750. The summed E-state index contributed by atoms with van der Waals surface area (Å²) < 4.78 is 0. The third-order valence-electron chi connectivity index (χ3n) is 3.47.